The SMILES string of the molecule is CNCc1scc(C)c1S(=O)(=O)NCc1ncn(C)n1. The van der Waals surface area contributed by atoms with E-state index in [2.05, 4.69) is 20.1 Å². The lowest BCUT2D eigenvalue weighted by atomic mass is 10.3. The van der Waals surface area contributed by atoms with Gasteiger partial charge in [-0.3, -0.25) is 4.68 Å². The number of hydrogen-bond donors (Lipinski definition) is 2. The molecule has 2 N–H and O–H groups in total. The van der Waals surface area contributed by atoms with Gasteiger partial charge in [-0.05, 0) is 24.9 Å². The normalized spacial score (nSPS) is 11.9. The Morgan fingerprint density at radius 3 is 2.75 bits per heavy atom. The van der Waals surface area contributed by atoms with Crippen LogP contribution in [-0.2, 0) is 30.2 Å². The van der Waals surface area contributed by atoms with Gasteiger partial charge in [-0.1, -0.05) is 0 Å². The van der Waals surface area contributed by atoms with E-state index in [1.54, 1.807) is 21.0 Å². The fourth-order valence-electron chi connectivity index (χ4n) is 1.83. The van der Waals surface area contributed by atoms with Crippen molar-refractivity contribution < 1.29 is 8.42 Å². The number of nitrogens with one attached hydrogen (secondary N) is 2. The van der Waals surface area contributed by atoms with Gasteiger partial charge >= 0.3 is 0 Å². The number of nitrogens with zero attached hydrogens (tertiary/aromatic N) is 3. The maximum absolute atomic E-state index is 12.4. The fraction of sp³-hybridized carbons (Fsp3) is 0.455. The molecule has 0 aliphatic rings. The van der Waals surface area contributed by atoms with Crippen LogP contribution in [0.15, 0.2) is 16.6 Å². The highest BCUT2D eigenvalue weighted by Gasteiger charge is 2.22. The van der Waals surface area contributed by atoms with Gasteiger partial charge in [0.2, 0.25) is 10.0 Å². The van der Waals surface area contributed by atoms with Gasteiger partial charge in [0, 0.05) is 18.5 Å². The molecule has 7 nitrogen and oxygen atoms in total. The summed E-state index contributed by atoms with van der Waals surface area (Å²) in [7, 11) is -0.0347. The molecule has 2 heterocycles. The monoisotopic (exact) mass is 315 g/mol. The highest BCUT2D eigenvalue weighted by atomic mass is 32.2. The van der Waals surface area contributed by atoms with E-state index in [0.29, 0.717) is 17.3 Å². The van der Waals surface area contributed by atoms with Crippen LogP contribution in [0.25, 0.3) is 0 Å². The lowest BCUT2D eigenvalue weighted by molar-refractivity contribution is 0.577. The number of hydrogen-bond acceptors (Lipinski definition) is 6. The topological polar surface area (TPSA) is 88.9 Å². The smallest absolute Gasteiger partial charge is 0.242 e. The molecule has 110 valence electrons. The molecule has 2 rings (SSSR count). The molecule has 0 bridgehead atoms. The Labute approximate surface area is 122 Å². The average molecular weight is 315 g/mol. The highest BCUT2D eigenvalue weighted by molar-refractivity contribution is 7.89. The zero-order chi connectivity index (χ0) is 14.8. The summed E-state index contributed by atoms with van der Waals surface area (Å²) >= 11 is 1.44. The van der Waals surface area contributed by atoms with Gasteiger partial charge in [0.15, 0.2) is 5.82 Å². The van der Waals surface area contributed by atoms with Gasteiger partial charge in [-0.25, -0.2) is 18.1 Å². The van der Waals surface area contributed by atoms with Crippen molar-refractivity contribution in [1.29, 1.82) is 0 Å². The van der Waals surface area contributed by atoms with Gasteiger partial charge < -0.3 is 5.32 Å². The van der Waals surface area contributed by atoms with E-state index in [1.165, 1.54) is 22.3 Å². The van der Waals surface area contributed by atoms with E-state index in [1.807, 2.05) is 5.38 Å². The first-order valence-electron chi connectivity index (χ1n) is 6.00. The summed E-state index contributed by atoms with van der Waals surface area (Å²) in [6.07, 6.45) is 1.53. The van der Waals surface area contributed by atoms with Crippen LogP contribution in [0.2, 0.25) is 0 Å². The van der Waals surface area contributed by atoms with Crippen molar-refractivity contribution >= 4 is 21.4 Å². The Balaban J connectivity index is 2.20. The van der Waals surface area contributed by atoms with Gasteiger partial charge in [-0.2, -0.15) is 5.10 Å². The fourth-order valence-corrected chi connectivity index (χ4v) is 4.63. The van der Waals surface area contributed by atoms with E-state index in [9.17, 15) is 8.42 Å². The molecular formula is C11H17N5O2S2. The molecule has 0 aliphatic heterocycles. The van der Waals surface area contributed by atoms with E-state index in [-0.39, 0.29) is 6.54 Å². The quantitative estimate of drug-likeness (QED) is 0.804. The molecular weight excluding hydrogens is 298 g/mol. The van der Waals surface area contributed by atoms with Crippen molar-refractivity contribution in [2.45, 2.75) is 24.9 Å². The van der Waals surface area contributed by atoms with Crippen LogP contribution in [0.1, 0.15) is 16.3 Å². The molecule has 0 saturated carbocycles. The van der Waals surface area contributed by atoms with Crippen molar-refractivity contribution in [1.82, 2.24) is 24.8 Å². The van der Waals surface area contributed by atoms with Crippen LogP contribution in [-0.4, -0.2) is 30.2 Å². The van der Waals surface area contributed by atoms with Crippen LogP contribution in [0.5, 0.6) is 0 Å². The van der Waals surface area contributed by atoms with Crippen LogP contribution >= 0.6 is 11.3 Å². The highest BCUT2D eigenvalue weighted by Crippen LogP contribution is 2.26. The summed E-state index contributed by atoms with van der Waals surface area (Å²) in [4.78, 5) is 5.15. The minimum atomic E-state index is -3.56. The molecule has 0 aromatic carbocycles. The summed E-state index contributed by atoms with van der Waals surface area (Å²) < 4.78 is 28.9. The van der Waals surface area contributed by atoms with Crippen LogP contribution in [0.4, 0.5) is 0 Å². The second-order valence-electron chi connectivity index (χ2n) is 4.36. The summed E-state index contributed by atoms with van der Waals surface area (Å²) in [5, 5.41) is 8.87. The third kappa shape index (κ3) is 3.23. The first-order valence-corrected chi connectivity index (χ1v) is 8.36. The average Bonchev–Trinajstić information content (AvgIpc) is 2.95. The third-order valence-electron chi connectivity index (χ3n) is 2.66. The van der Waals surface area contributed by atoms with Crippen molar-refractivity contribution in [2.75, 3.05) is 7.05 Å². The minimum absolute atomic E-state index is 0.0808. The molecule has 0 spiro atoms. The second kappa shape index (κ2) is 6.00. The zero-order valence-corrected chi connectivity index (χ0v) is 13.2. The summed E-state index contributed by atoms with van der Waals surface area (Å²) in [6.45, 7) is 2.40. The second-order valence-corrected chi connectivity index (χ2v) is 7.03. The van der Waals surface area contributed by atoms with Gasteiger partial charge in [0.1, 0.15) is 11.2 Å². The molecule has 2 aromatic heterocycles. The Bertz CT molecular complexity index is 689. The zero-order valence-electron chi connectivity index (χ0n) is 11.5. The van der Waals surface area contributed by atoms with Crippen molar-refractivity contribution in [3.63, 3.8) is 0 Å². The van der Waals surface area contributed by atoms with Crippen LogP contribution in [0.3, 0.4) is 0 Å². The summed E-state index contributed by atoms with van der Waals surface area (Å²) in [6, 6.07) is 0. The third-order valence-corrected chi connectivity index (χ3v) is 5.53. The van der Waals surface area contributed by atoms with Gasteiger partial charge in [0.05, 0.1) is 6.54 Å². The first kappa shape index (κ1) is 15.1. The summed E-state index contributed by atoms with van der Waals surface area (Å²) in [5.41, 5.74) is 0.752. The Hall–Kier alpha value is -1.29. The van der Waals surface area contributed by atoms with E-state index < -0.39 is 10.0 Å². The molecule has 0 fully saturated rings. The predicted molar refractivity (Wildman–Crippen MR) is 76.8 cm³/mol. The molecule has 0 amide bonds. The van der Waals surface area contributed by atoms with Crippen LogP contribution in [0, 0.1) is 6.92 Å². The molecule has 0 unspecified atom stereocenters. The molecule has 0 atom stereocenters. The molecule has 0 radical (unpaired) electrons. The number of aromatic nitrogens is 3. The molecule has 0 aliphatic carbocycles. The first-order chi connectivity index (χ1) is 9.44. The molecule has 9 heteroatoms. The van der Waals surface area contributed by atoms with Crippen molar-refractivity contribution in [3.8, 4) is 0 Å². The van der Waals surface area contributed by atoms with Gasteiger partial charge in [0.25, 0.3) is 0 Å². The largest absolute Gasteiger partial charge is 0.315 e. The van der Waals surface area contributed by atoms with Crippen LogP contribution < -0.4 is 10.0 Å². The Kier molecular flexibility index (Phi) is 4.53. The minimum Gasteiger partial charge on any atom is -0.315 e. The van der Waals surface area contributed by atoms with Crippen molar-refractivity contribution in [3.05, 3.63) is 28.0 Å². The van der Waals surface area contributed by atoms with E-state index in [0.717, 1.165) is 10.4 Å². The lowest BCUT2D eigenvalue weighted by Gasteiger charge is -2.07. The maximum atomic E-state index is 12.4. The number of aryl methyl sites for hydroxylation is 2. The molecule has 2 aromatic rings. The van der Waals surface area contributed by atoms with E-state index >= 15 is 0 Å². The maximum Gasteiger partial charge on any atom is 0.242 e. The summed E-state index contributed by atoms with van der Waals surface area (Å²) in [5.74, 6) is 0.444. The Morgan fingerprint density at radius 1 is 1.40 bits per heavy atom. The van der Waals surface area contributed by atoms with Gasteiger partial charge in [-0.15, -0.1) is 11.3 Å². The standard InChI is InChI=1S/C11H17N5O2S2/c1-8-6-19-9(4-12-2)11(8)20(17,18)14-5-10-13-7-16(3)15-10/h6-7,12,14H,4-5H2,1-3H3. The van der Waals surface area contributed by atoms with E-state index in [4.69, 9.17) is 0 Å². The molecule has 20 heavy (non-hydrogen) atoms. The Morgan fingerprint density at radius 2 is 2.15 bits per heavy atom. The molecule has 0 saturated heterocycles. The van der Waals surface area contributed by atoms with Crippen molar-refractivity contribution in [2.24, 2.45) is 7.05 Å². The number of sulfonamides is 1. The lowest BCUT2D eigenvalue weighted by Crippen LogP contribution is -2.25. The predicted octanol–water partition coefficient (Wildman–Crippen LogP) is 0.383. The number of rotatable bonds is 6. The number of thiophene rings is 1.